The molecule has 94 valence electrons. The minimum Gasteiger partial charge on any atom is -0.471 e. The molecule has 2 heterocycles. The summed E-state index contributed by atoms with van der Waals surface area (Å²) in [5, 5.41) is 3.33. The second-order valence-electron chi connectivity index (χ2n) is 3.66. The first-order chi connectivity index (χ1) is 8.19. The smallest absolute Gasteiger partial charge is 0.292 e. The van der Waals surface area contributed by atoms with E-state index in [1.807, 2.05) is 6.20 Å². The number of methoxy groups -OCH3 is 1. The molecule has 0 saturated carbocycles. The predicted molar refractivity (Wildman–Crippen MR) is 69.7 cm³/mol. The van der Waals surface area contributed by atoms with Crippen LogP contribution in [0, 0.1) is 0 Å². The standard InChI is InChI=1S/C9H12BrN3.C2H4O2/c10-8-3-7(5-13-9(8)11)6-1-2-12-4-6;1-4-2-3/h3,5-6,12H,1-2,4H2,(H2,11,13);2H,1H3. The lowest BCUT2D eigenvalue weighted by atomic mass is 10.0. The number of carbonyl (C=O) groups excluding carboxylic acids is 1. The first-order valence-electron chi connectivity index (χ1n) is 5.27. The number of hydrogen-bond donors (Lipinski definition) is 2. The summed E-state index contributed by atoms with van der Waals surface area (Å²) in [6.07, 6.45) is 3.07. The van der Waals surface area contributed by atoms with Crippen molar-refractivity contribution in [2.75, 3.05) is 25.9 Å². The lowest BCUT2D eigenvalue weighted by Crippen LogP contribution is -2.08. The largest absolute Gasteiger partial charge is 0.471 e. The van der Waals surface area contributed by atoms with Crippen molar-refractivity contribution >= 4 is 28.2 Å². The molecular formula is C11H16BrN3O2. The summed E-state index contributed by atoms with van der Waals surface area (Å²) in [5.41, 5.74) is 6.88. The number of nitrogen functional groups attached to an aromatic ring is 1. The number of carbonyl (C=O) groups is 1. The minimum absolute atomic E-state index is 0.375. The average Bonchev–Trinajstić information content (AvgIpc) is 2.87. The van der Waals surface area contributed by atoms with Gasteiger partial charge < -0.3 is 15.8 Å². The maximum atomic E-state index is 8.95. The van der Waals surface area contributed by atoms with E-state index >= 15 is 0 Å². The van der Waals surface area contributed by atoms with E-state index in [-0.39, 0.29) is 0 Å². The van der Waals surface area contributed by atoms with E-state index < -0.39 is 0 Å². The van der Waals surface area contributed by atoms with Crippen LogP contribution < -0.4 is 11.1 Å². The van der Waals surface area contributed by atoms with E-state index in [1.54, 1.807) is 0 Å². The van der Waals surface area contributed by atoms with Gasteiger partial charge in [-0.2, -0.15) is 0 Å². The van der Waals surface area contributed by atoms with Gasteiger partial charge in [-0.15, -0.1) is 0 Å². The van der Waals surface area contributed by atoms with Crippen LogP contribution in [0.5, 0.6) is 0 Å². The highest BCUT2D eigenvalue weighted by Crippen LogP contribution is 2.26. The van der Waals surface area contributed by atoms with Crippen LogP contribution in [0.2, 0.25) is 0 Å². The molecule has 1 atom stereocenters. The van der Waals surface area contributed by atoms with Gasteiger partial charge in [0.25, 0.3) is 6.47 Å². The Morgan fingerprint density at radius 2 is 2.41 bits per heavy atom. The summed E-state index contributed by atoms with van der Waals surface area (Å²) in [7, 11) is 1.31. The molecule has 1 saturated heterocycles. The molecule has 0 bridgehead atoms. The van der Waals surface area contributed by atoms with E-state index in [9.17, 15) is 0 Å². The molecule has 1 unspecified atom stereocenters. The summed E-state index contributed by atoms with van der Waals surface area (Å²) in [6.45, 7) is 2.53. The summed E-state index contributed by atoms with van der Waals surface area (Å²) in [6, 6.07) is 2.07. The topological polar surface area (TPSA) is 77.2 Å². The van der Waals surface area contributed by atoms with Crippen LogP contribution in [0.25, 0.3) is 0 Å². The van der Waals surface area contributed by atoms with Crippen LogP contribution in [0.4, 0.5) is 5.82 Å². The molecule has 17 heavy (non-hydrogen) atoms. The van der Waals surface area contributed by atoms with Crippen molar-refractivity contribution in [3.8, 4) is 0 Å². The normalized spacial score (nSPS) is 18.1. The van der Waals surface area contributed by atoms with E-state index in [0.717, 1.165) is 17.6 Å². The molecule has 6 heteroatoms. The number of nitrogens with two attached hydrogens (primary N) is 1. The first kappa shape index (κ1) is 13.9. The molecule has 3 N–H and O–H groups in total. The SMILES string of the molecule is COC=O.Nc1ncc(C2CCNC2)cc1Br. The first-order valence-corrected chi connectivity index (χ1v) is 6.06. The molecule has 0 amide bonds. The third-order valence-electron chi connectivity index (χ3n) is 2.52. The van der Waals surface area contributed by atoms with Gasteiger partial charge in [0.1, 0.15) is 5.82 Å². The average molecular weight is 302 g/mol. The number of nitrogens with one attached hydrogen (secondary N) is 1. The summed E-state index contributed by atoms with van der Waals surface area (Å²) < 4.78 is 4.76. The Labute approximate surface area is 109 Å². The van der Waals surface area contributed by atoms with Crippen LogP contribution in [0.15, 0.2) is 16.7 Å². The Bertz CT molecular complexity index is 368. The van der Waals surface area contributed by atoms with Gasteiger partial charge in [-0.3, -0.25) is 4.79 Å². The van der Waals surface area contributed by atoms with Gasteiger partial charge in [-0.1, -0.05) is 0 Å². The van der Waals surface area contributed by atoms with Crippen LogP contribution in [-0.2, 0) is 9.53 Å². The fourth-order valence-electron chi connectivity index (χ4n) is 1.63. The van der Waals surface area contributed by atoms with Crippen molar-refractivity contribution in [2.45, 2.75) is 12.3 Å². The maximum Gasteiger partial charge on any atom is 0.292 e. The van der Waals surface area contributed by atoms with Crippen molar-refractivity contribution in [1.29, 1.82) is 0 Å². The number of ether oxygens (including phenoxy) is 1. The lowest BCUT2D eigenvalue weighted by Gasteiger charge is -2.08. The zero-order valence-corrected chi connectivity index (χ0v) is 11.2. The quantitative estimate of drug-likeness (QED) is 0.805. The van der Waals surface area contributed by atoms with Gasteiger partial charge in [0.15, 0.2) is 0 Å². The van der Waals surface area contributed by atoms with Gasteiger partial charge in [-0.25, -0.2) is 4.98 Å². The van der Waals surface area contributed by atoms with Crippen LogP contribution >= 0.6 is 15.9 Å². The van der Waals surface area contributed by atoms with E-state index in [4.69, 9.17) is 10.5 Å². The highest BCUT2D eigenvalue weighted by Gasteiger charge is 2.17. The van der Waals surface area contributed by atoms with Crippen LogP contribution in [-0.4, -0.2) is 31.7 Å². The number of aromatic nitrogens is 1. The van der Waals surface area contributed by atoms with Crippen molar-refractivity contribution in [3.63, 3.8) is 0 Å². The number of hydrogen-bond acceptors (Lipinski definition) is 5. The van der Waals surface area contributed by atoms with Crippen molar-refractivity contribution in [3.05, 3.63) is 22.3 Å². The monoisotopic (exact) mass is 301 g/mol. The van der Waals surface area contributed by atoms with Gasteiger partial charge in [0.05, 0.1) is 11.6 Å². The number of pyridine rings is 1. The molecule has 1 fully saturated rings. The molecule has 1 aliphatic heterocycles. The van der Waals surface area contributed by atoms with Crippen molar-refractivity contribution in [1.82, 2.24) is 10.3 Å². The zero-order valence-electron chi connectivity index (χ0n) is 9.65. The molecular weight excluding hydrogens is 286 g/mol. The molecule has 5 nitrogen and oxygen atoms in total. The summed E-state index contributed by atoms with van der Waals surface area (Å²) >= 11 is 3.39. The maximum absolute atomic E-state index is 8.95. The molecule has 0 radical (unpaired) electrons. The minimum atomic E-state index is 0.375. The Morgan fingerprint density at radius 1 is 1.71 bits per heavy atom. The van der Waals surface area contributed by atoms with Crippen LogP contribution in [0.1, 0.15) is 17.9 Å². The highest BCUT2D eigenvalue weighted by molar-refractivity contribution is 9.10. The number of anilines is 1. The number of halogens is 1. The van der Waals surface area contributed by atoms with E-state index in [0.29, 0.717) is 18.2 Å². The molecule has 0 spiro atoms. The lowest BCUT2D eigenvalue weighted by molar-refractivity contribution is -0.126. The highest BCUT2D eigenvalue weighted by atomic mass is 79.9. The molecule has 1 aromatic heterocycles. The van der Waals surface area contributed by atoms with E-state index in [2.05, 4.69) is 37.0 Å². The Hall–Kier alpha value is -1.14. The third-order valence-corrected chi connectivity index (χ3v) is 3.15. The summed E-state index contributed by atoms with van der Waals surface area (Å²) in [4.78, 5) is 13.1. The molecule has 0 aliphatic carbocycles. The van der Waals surface area contributed by atoms with Crippen molar-refractivity contribution < 1.29 is 9.53 Å². The second-order valence-corrected chi connectivity index (χ2v) is 4.51. The van der Waals surface area contributed by atoms with Crippen LogP contribution in [0.3, 0.4) is 0 Å². The van der Waals surface area contributed by atoms with E-state index in [1.165, 1.54) is 19.1 Å². The fraction of sp³-hybridized carbons (Fsp3) is 0.455. The zero-order chi connectivity index (χ0) is 12.7. The van der Waals surface area contributed by atoms with Gasteiger partial charge in [-0.05, 0) is 46.4 Å². The fourth-order valence-corrected chi connectivity index (χ4v) is 1.99. The predicted octanol–water partition coefficient (Wildman–Crippen LogP) is 1.29. The Balaban J connectivity index is 0.000000317. The third kappa shape index (κ3) is 4.32. The Morgan fingerprint density at radius 3 is 2.88 bits per heavy atom. The second kappa shape index (κ2) is 7.24. The molecule has 2 rings (SSSR count). The van der Waals surface area contributed by atoms with Gasteiger partial charge in [0.2, 0.25) is 0 Å². The number of nitrogens with zero attached hydrogens (tertiary/aromatic N) is 1. The van der Waals surface area contributed by atoms with Gasteiger partial charge >= 0.3 is 0 Å². The Kier molecular flexibility index (Phi) is 5.93. The van der Waals surface area contributed by atoms with Gasteiger partial charge in [0, 0.05) is 12.7 Å². The number of rotatable bonds is 2. The molecule has 1 aliphatic rings. The molecule has 0 aromatic carbocycles. The molecule has 1 aromatic rings. The van der Waals surface area contributed by atoms with Crippen molar-refractivity contribution in [2.24, 2.45) is 0 Å². The summed E-state index contributed by atoms with van der Waals surface area (Å²) in [5.74, 6) is 1.17.